The third-order valence-electron chi connectivity index (χ3n) is 5.60. The Morgan fingerprint density at radius 2 is 1.96 bits per heavy atom. The van der Waals surface area contributed by atoms with Gasteiger partial charge in [0, 0.05) is 18.9 Å². The topological polar surface area (TPSA) is 72.6 Å². The van der Waals surface area contributed by atoms with E-state index >= 15 is 0 Å². The molecule has 2 aromatic carbocycles. The summed E-state index contributed by atoms with van der Waals surface area (Å²) in [5.41, 5.74) is 6.52. The van der Waals surface area contributed by atoms with E-state index in [0.29, 0.717) is 25.1 Å². The molecule has 2 heterocycles. The summed E-state index contributed by atoms with van der Waals surface area (Å²) in [6, 6.07) is 13.6. The summed E-state index contributed by atoms with van der Waals surface area (Å²) in [6.45, 7) is 2.23. The predicted octanol–water partition coefficient (Wildman–Crippen LogP) is 2.59. The number of hydrogen-bond acceptors (Lipinski definition) is 3. The fourth-order valence-electron chi connectivity index (χ4n) is 4.27. The minimum atomic E-state index is -0.906. The number of primary amides is 1. The first kappa shape index (κ1) is 17.5. The number of hydrogen-bond donors (Lipinski definition) is 1. The molecule has 2 aliphatic rings. The Kier molecular flexibility index (Phi) is 4.13. The van der Waals surface area contributed by atoms with Crippen molar-refractivity contribution in [1.29, 1.82) is 0 Å². The van der Waals surface area contributed by atoms with Gasteiger partial charge in [0.1, 0.15) is 17.5 Å². The smallest absolute Gasteiger partial charge is 0.238 e. The van der Waals surface area contributed by atoms with Crippen molar-refractivity contribution >= 4 is 11.8 Å². The Morgan fingerprint density at radius 1 is 1.26 bits per heavy atom. The highest BCUT2D eigenvalue weighted by atomic mass is 19.1. The van der Waals surface area contributed by atoms with Gasteiger partial charge in [0.05, 0.1) is 0 Å². The minimum absolute atomic E-state index is 0.285. The molecular formula is C21H21FN2O3. The molecule has 0 saturated carbocycles. The number of halogens is 1. The van der Waals surface area contributed by atoms with Crippen molar-refractivity contribution < 1.29 is 18.7 Å². The lowest BCUT2D eigenvalue weighted by Gasteiger charge is -2.52. The highest BCUT2D eigenvalue weighted by Crippen LogP contribution is 2.49. The van der Waals surface area contributed by atoms with Gasteiger partial charge in [-0.1, -0.05) is 30.3 Å². The van der Waals surface area contributed by atoms with Crippen molar-refractivity contribution in [2.45, 2.75) is 31.4 Å². The molecule has 2 N–H and O–H groups in total. The fraction of sp³-hybridized carbons (Fsp3) is 0.333. The van der Waals surface area contributed by atoms with Crippen LogP contribution in [-0.4, -0.2) is 29.0 Å². The van der Waals surface area contributed by atoms with Crippen LogP contribution in [0.15, 0.2) is 48.5 Å². The first-order valence-corrected chi connectivity index (χ1v) is 9.02. The molecule has 4 rings (SSSR count). The van der Waals surface area contributed by atoms with E-state index in [1.807, 2.05) is 31.2 Å². The molecule has 27 heavy (non-hydrogen) atoms. The van der Waals surface area contributed by atoms with E-state index in [9.17, 15) is 14.0 Å². The molecule has 6 heteroatoms. The normalized spacial score (nSPS) is 26.3. The number of nitrogens with two attached hydrogens (primary N) is 1. The maximum Gasteiger partial charge on any atom is 0.238 e. The van der Waals surface area contributed by atoms with E-state index in [-0.39, 0.29) is 17.6 Å². The van der Waals surface area contributed by atoms with Gasteiger partial charge in [-0.25, -0.2) is 4.39 Å². The van der Waals surface area contributed by atoms with Crippen LogP contribution in [0.25, 0.3) is 0 Å². The second-order valence-corrected chi connectivity index (χ2v) is 7.37. The highest BCUT2D eigenvalue weighted by molar-refractivity contribution is 6.01. The van der Waals surface area contributed by atoms with E-state index in [0.717, 1.165) is 11.1 Å². The zero-order valence-electron chi connectivity index (χ0n) is 15.0. The number of para-hydroxylation sites is 1. The molecular weight excluding hydrogens is 347 g/mol. The molecule has 2 aliphatic heterocycles. The number of benzene rings is 2. The summed E-state index contributed by atoms with van der Waals surface area (Å²) in [5, 5.41) is 0. The second-order valence-electron chi connectivity index (χ2n) is 7.37. The van der Waals surface area contributed by atoms with Gasteiger partial charge in [-0.3, -0.25) is 9.59 Å². The van der Waals surface area contributed by atoms with Crippen LogP contribution < -0.4 is 10.5 Å². The van der Waals surface area contributed by atoms with Gasteiger partial charge < -0.3 is 15.4 Å². The van der Waals surface area contributed by atoms with E-state index < -0.39 is 17.6 Å². The zero-order chi connectivity index (χ0) is 19.2. The number of likely N-dealkylation sites (tertiary alicyclic amines) is 1. The summed E-state index contributed by atoms with van der Waals surface area (Å²) in [7, 11) is 0. The Hall–Kier alpha value is -2.89. The average molecular weight is 368 g/mol. The molecule has 0 unspecified atom stereocenters. The quantitative estimate of drug-likeness (QED) is 0.843. The van der Waals surface area contributed by atoms with Crippen LogP contribution in [0.3, 0.4) is 0 Å². The number of nitrogens with zero attached hydrogens (tertiary/aromatic N) is 1. The third-order valence-corrected chi connectivity index (χ3v) is 5.60. The van der Waals surface area contributed by atoms with Crippen molar-refractivity contribution in [3.8, 4) is 5.75 Å². The van der Waals surface area contributed by atoms with E-state index in [1.165, 1.54) is 12.1 Å². The van der Waals surface area contributed by atoms with Gasteiger partial charge in [0.2, 0.25) is 11.8 Å². The van der Waals surface area contributed by atoms with Crippen LogP contribution in [0.2, 0.25) is 0 Å². The number of carbonyl (C=O) groups is 2. The van der Waals surface area contributed by atoms with Crippen molar-refractivity contribution in [2.75, 3.05) is 6.54 Å². The summed E-state index contributed by atoms with van der Waals surface area (Å²) in [6.07, 6.45) is 1.04. The first-order valence-electron chi connectivity index (χ1n) is 9.02. The number of fused-ring (bicyclic) bond motifs is 4. The largest absolute Gasteiger partial charge is 0.468 e. The van der Waals surface area contributed by atoms with Gasteiger partial charge in [0.15, 0.2) is 5.72 Å². The van der Waals surface area contributed by atoms with Crippen LogP contribution in [-0.2, 0) is 16.0 Å². The molecule has 1 fully saturated rings. The molecule has 1 saturated heterocycles. The standard InChI is InChI=1S/C21H21FN2O3/c1-21-12-16(15-4-2-3-5-17(15)27-21)18(19(23)25)20(26)24(21)11-10-13-6-8-14(22)9-7-13/h2-9,16,18H,10-12H2,1H3,(H2,23,25)/t16-,18-,21-/m0/s1. The minimum Gasteiger partial charge on any atom is -0.468 e. The fourth-order valence-corrected chi connectivity index (χ4v) is 4.27. The molecule has 0 aliphatic carbocycles. The molecule has 2 bridgehead atoms. The molecule has 2 aromatic rings. The Morgan fingerprint density at radius 3 is 2.67 bits per heavy atom. The zero-order valence-corrected chi connectivity index (χ0v) is 15.0. The van der Waals surface area contributed by atoms with E-state index in [4.69, 9.17) is 10.5 Å². The van der Waals surface area contributed by atoms with Gasteiger partial charge in [-0.05, 0) is 42.7 Å². The van der Waals surface area contributed by atoms with Crippen LogP contribution in [0.4, 0.5) is 4.39 Å². The average Bonchev–Trinajstić information content (AvgIpc) is 2.62. The number of ether oxygens (including phenoxy) is 1. The maximum absolute atomic E-state index is 13.2. The summed E-state index contributed by atoms with van der Waals surface area (Å²) in [4.78, 5) is 26.9. The predicted molar refractivity (Wildman–Crippen MR) is 97.3 cm³/mol. The number of piperidine rings is 1. The number of carbonyl (C=O) groups excluding carboxylic acids is 2. The molecule has 3 atom stereocenters. The lowest BCUT2D eigenvalue weighted by molar-refractivity contribution is -0.175. The van der Waals surface area contributed by atoms with Gasteiger partial charge in [-0.2, -0.15) is 0 Å². The molecule has 0 radical (unpaired) electrons. The monoisotopic (exact) mass is 368 g/mol. The van der Waals surface area contributed by atoms with Crippen molar-refractivity contribution in [3.63, 3.8) is 0 Å². The molecule has 140 valence electrons. The first-order chi connectivity index (χ1) is 12.9. The summed E-state index contributed by atoms with van der Waals surface area (Å²) >= 11 is 0. The summed E-state index contributed by atoms with van der Waals surface area (Å²) in [5.74, 6) is -1.73. The van der Waals surface area contributed by atoms with Crippen LogP contribution in [0, 0.1) is 11.7 Å². The van der Waals surface area contributed by atoms with Crippen LogP contribution in [0.5, 0.6) is 5.75 Å². The van der Waals surface area contributed by atoms with Crippen LogP contribution in [0.1, 0.15) is 30.4 Å². The van der Waals surface area contributed by atoms with Gasteiger partial charge in [0.25, 0.3) is 0 Å². The van der Waals surface area contributed by atoms with Crippen molar-refractivity contribution in [1.82, 2.24) is 4.90 Å². The van der Waals surface area contributed by atoms with E-state index in [1.54, 1.807) is 17.0 Å². The SMILES string of the molecule is C[C@@]12C[C@@H](c3ccccc3O1)[C@@H](C(N)=O)C(=O)N2CCc1ccc(F)cc1. The Balaban J connectivity index is 1.67. The van der Waals surface area contributed by atoms with Gasteiger partial charge >= 0.3 is 0 Å². The van der Waals surface area contributed by atoms with Crippen molar-refractivity contribution in [3.05, 3.63) is 65.5 Å². The molecule has 0 spiro atoms. The van der Waals surface area contributed by atoms with Crippen LogP contribution >= 0.6 is 0 Å². The molecule has 2 amide bonds. The molecule has 0 aromatic heterocycles. The second kappa shape index (κ2) is 6.37. The van der Waals surface area contributed by atoms with Crippen molar-refractivity contribution in [2.24, 2.45) is 11.7 Å². The number of rotatable bonds is 4. The maximum atomic E-state index is 13.2. The lowest BCUT2D eigenvalue weighted by atomic mass is 9.73. The lowest BCUT2D eigenvalue weighted by Crippen LogP contribution is -2.64. The van der Waals surface area contributed by atoms with E-state index in [2.05, 4.69) is 0 Å². The third kappa shape index (κ3) is 2.95. The highest BCUT2D eigenvalue weighted by Gasteiger charge is 2.55. The Labute approximate surface area is 156 Å². The Bertz CT molecular complexity index is 899. The summed E-state index contributed by atoms with van der Waals surface area (Å²) < 4.78 is 19.3. The molecule has 5 nitrogen and oxygen atoms in total. The number of amides is 2. The van der Waals surface area contributed by atoms with Gasteiger partial charge in [-0.15, -0.1) is 0 Å².